The van der Waals surface area contributed by atoms with E-state index in [1.165, 1.54) is 0 Å². The number of carbonyl (C=O) groups is 3. The van der Waals surface area contributed by atoms with Gasteiger partial charge in [0.05, 0.1) is 6.54 Å². The summed E-state index contributed by atoms with van der Waals surface area (Å²) in [4.78, 5) is 36.6. The molecule has 4 amide bonds. The predicted molar refractivity (Wildman–Crippen MR) is 63.8 cm³/mol. The summed E-state index contributed by atoms with van der Waals surface area (Å²) >= 11 is 0. The summed E-state index contributed by atoms with van der Waals surface area (Å²) in [6.45, 7) is 1.53. The van der Waals surface area contributed by atoms with Crippen molar-refractivity contribution in [2.24, 2.45) is 0 Å². The van der Waals surface area contributed by atoms with Gasteiger partial charge >= 0.3 is 6.03 Å². The molecule has 2 saturated heterocycles. The number of likely N-dealkylation sites (tertiary alicyclic amines) is 1. The normalized spacial score (nSPS) is 27.3. The third-order valence-electron chi connectivity index (χ3n) is 3.45. The van der Waals surface area contributed by atoms with Crippen LogP contribution in [0.2, 0.25) is 0 Å². The fourth-order valence-corrected chi connectivity index (χ4v) is 2.47. The van der Waals surface area contributed by atoms with Crippen LogP contribution in [0.15, 0.2) is 0 Å². The first-order valence-electron chi connectivity index (χ1n) is 6.13. The molecule has 0 bridgehead atoms. The van der Waals surface area contributed by atoms with Gasteiger partial charge in [0.1, 0.15) is 5.54 Å². The summed E-state index contributed by atoms with van der Waals surface area (Å²) < 4.78 is 0. The van der Waals surface area contributed by atoms with Crippen molar-refractivity contribution in [1.82, 2.24) is 20.9 Å². The summed E-state index contributed by atoms with van der Waals surface area (Å²) in [5.41, 5.74) is -0.912. The molecule has 0 aromatic carbocycles. The van der Waals surface area contributed by atoms with E-state index in [1.54, 1.807) is 11.9 Å². The first kappa shape index (κ1) is 12.8. The zero-order valence-corrected chi connectivity index (χ0v) is 10.4. The van der Waals surface area contributed by atoms with Crippen molar-refractivity contribution in [3.05, 3.63) is 0 Å². The van der Waals surface area contributed by atoms with Crippen molar-refractivity contribution in [2.75, 3.05) is 26.7 Å². The number of imide groups is 1. The Kier molecular flexibility index (Phi) is 3.51. The van der Waals surface area contributed by atoms with Crippen molar-refractivity contribution in [3.8, 4) is 0 Å². The van der Waals surface area contributed by atoms with Crippen molar-refractivity contribution in [2.45, 2.75) is 24.8 Å². The summed E-state index contributed by atoms with van der Waals surface area (Å²) in [6, 6.07) is -0.468. The van der Waals surface area contributed by atoms with Gasteiger partial charge in [-0.15, -0.1) is 0 Å². The molecule has 0 aliphatic carbocycles. The molecule has 2 fully saturated rings. The SMILES string of the molecule is CNCCC(=O)N1CCCC2(C1)NC(=O)NC2=O. The highest BCUT2D eigenvalue weighted by Gasteiger charge is 2.49. The molecular weight excluding hydrogens is 236 g/mol. The summed E-state index contributed by atoms with van der Waals surface area (Å²) in [7, 11) is 1.79. The maximum atomic E-state index is 11.9. The summed E-state index contributed by atoms with van der Waals surface area (Å²) in [5.74, 6) is -0.309. The molecule has 2 heterocycles. The number of rotatable bonds is 3. The van der Waals surface area contributed by atoms with Gasteiger partial charge in [-0.05, 0) is 19.9 Å². The molecule has 0 aromatic rings. The van der Waals surface area contributed by atoms with Crippen LogP contribution < -0.4 is 16.0 Å². The van der Waals surface area contributed by atoms with E-state index >= 15 is 0 Å². The van der Waals surface area contributed by atoms with Gasteiger partial charge in [-0.1, -0.05) is 0 Å². The highest BCUT2D eigenvalue weighted by atomic mass is 16.2. The first-order chi connectivity index (χ1) is 8.57. The van der Waals surface area contributed by atoms with Crippen LogP contribution in [0.25, 0.3) is 0 Å². The van der Waals surface area contributed by atoms with Crippen molar-refractivity contribution in [3.63, 3.8) is 0 Å². The number of piperidine rings is 1. The number of nitrogens with one attached hydrogen (secondary N) is 3. The van der Waals surface area contributed by atoms with E-state index in [9.17, 15) is 14.4 Å². The van der Waals surface area contributed by atoms with Crippen LogP contribution in [0.1, 0.15) is 19.3 Å². The van der Waals surface area contributed by atoms with Gasteiger partial charge in [0.2, 0.25) is 5.91 Å². The molecule has 7 nitrogen and oxygen atoms in total. The molecule has 0 radical (unpaired) electrons. The van der Waals surface area contributed by atoms with E-state index in [0.717, 1.165) is 6.42 Å². The Morgan fingerprint density at radius 1 is 1.50 bits per heavy atom. The molecule has 0 aromatic heterocycles. The lowest BCUT2D eigenvalue weighted by Gasteiger charge is -2.38. The van der Waals surface area contributed by atoms with E-state index in [-0.39, 0.29) is 18.4 Å². The van der Waals surface area contributed by atoms with E-state index < -0.39 is 11.6 Å². The van der Waals surface area contributed by atoms with Crippen LogP contribution in [-0.2, 0) is 9.59 Å². The molecule has 0 saturated carbocycles. The molecule has 100 valence electrons. The minimum absolute atomic E-state index is 0.0115. The number of hydrogen-bond acceptors (Lipinski definition) is 4. The van der Waals surface area contributed by atoms with E-state index in [2.05, 4.69) is 16.0 Å². The molecule has 3 N–H and O–H groups in total. The molecule has 1 unspecified atom stereocenters. The van der Waals surface area contributed by atoms with E-state index in [1.807, 2.05) is 0 Å². The molecular formula is C11H18N4O3. The molecule has 18 heavy (non-hydrogen) atoms. The van der Waals surface area contributed by atoms with Gasteiger partial charge in [0.15, 0.2) is 0 Å². The predicted octanol–water partition coefficient (Wildman–Crippen LogP) is -1.20. The zero-order chi connectivity index (χ0) is 13.2. The lowest BCUT2D eigenvalue weighted by molar-refractivity contribution is -0.136. The third kappa shape index (κ3) is 2.31. The molecule has 7 heteroatoms. The minimum Gasteiger partial charge on any atom is -0.340 e. The Labute approximate surface area is 105 Å². The largest absolute Gasteiger partial charge is 0.340 e. The van der Waals surface area contributed by atoms with Gasteiger partial charge in [-0.2, -0.15) is 0 Å². The van der Waals surface area contributed by atoms with Crippen LogP contribution in [0.4, 0.5) is 4.79 Å². The Morgan fingerprint density at radius 3 is 2.89 bits per heavy atom. The minimum atomic E-state index is -0.912. The van der Waals surface area contributed by atoms with Gasteiger partial charge in [0, 0.05) is 19.5 Å². The fourth-order valence-electron chi connectivity index (χ4n) is 2.47. The smallest absolute Gasteiger partial charge is 0.322 e. The first-order valence-corrected chi connectivity index (χ1v) is 6.13. The maximum absolute atomic E-state index is 11.9. The van der Waals surface area contributed by atoms with Crippen LogP contribution in [-0.4, -0.2) is 55.0 Å². The fraction of sp³-hybridized carbons (Fsp3) is 0.727. The van der Waals surface area contributed by atoms with E-state index in [0.29, 0.717) is 25.9 Å². The molecule has 2 aliphatic heterocycles. The quantitative estimate of drug-likeness (QED) is 0.552. The van der Waals surface area contributed by atoms with Crippen LogP contribution in [0.5, 0.6) is 0 Å². The van der Waals surface area contributed by atoms with Crippen molar-refractivity contribution < 1.29 is 14.4 Å². The zero-order valence-electron chi connectivity index (χ0n) is 10.4. The third-order valence-corrected chi connectivity index (χ3v) is 3.45. The highest BCUT2D eigenvalue weighted by molar-refractivity contribution is 6.07. The average Bonchev–Trinajstić information content (AvgIpc) is 2.61. The lowest BCUT2D eigenvalue weighted by atomic mass is 9.89. The van der Waals surface area contributed by atoms with E-state index in [4.69, 9.17) is 0 Å². The summed E-state index contributed by atoms with van der Waals surface area (Å²) in [5, 5.41) is 7.81. The lowest BCUT2D eigenvalue weighted by Crippen LogP contribution is -2.59. The van der Waals surface area contributed by atoms with Gasteiger partial charge in [-0.3, -0.25) is 14.9 Å². The molecule has 1 spiro atoms. The van der Waals surface area contributed by atoms with Crippen LogP contribution >= 0.6 is 0 Å². The van der Waals surface area contributed by atoms with Crippen LogP contribution in [0, 0.1) is 0 Å². The second-order valence-corrected chi connectivity index (χ2v) is 4.76. The van der Waals surface area contributed by atoms with Crippen LogP contribution in [0.3, 0.4) is 0 Å². The number of amides is 4. The van der Waals surface area contributed by atoms with Gasteiger partial charge < -0.3 is 15.5 Å². The molecule has 2 rings (SSSR count). The number of urea groups is 1. The second kappa shape index (κ2) is 4.93. The maximum Gasteiger partial charge on any atom is 0.322 e. The topological polar surface area (TPSA) is 90.5 Å². The standard InChI is InChI=1S/C11H18N4O3/c1-12-5-3-8(16)15-6-2-4-11(7-15)9(17)13-10(18)14-11/h12H,2-7H2,1H3,(H2,13,14,17,18). The molecule has 2 aliphatic rings. The number of nitrogens with zero attached hydrogens (tertiary/aromatic N) is 1. The van der Waals surface area contributed by atoms with Gasteiger partial charge in [-0.25, -0.2) is 4.79 Å². The Hall–Kier alpha value is -1.63. The van der Waals surface area contributed by atoms with Crippen molar-refractivity contribution in [1.29, 1.82) is 0 Å². The van der Waals surface area contributed by atoms with Gasteiger partial charge in [0.25, 0.3) is 5.91 Å². The molecule has 1 atom stereocenters. The summed E-state index contributed by atoms with van der Waals surface area (Å²) in [6.07, 6.45) is 1.71. The Morgan fingerprint density at radius 2 is 2.28 bits per heavy atom. The number of carbonyl (C=O) groups excluding carboxylic acids is 3. The number of hydrogen-bond donors (Lipinski definition) is 3. The Balaban J connectivity index is 2.02. The highest BCUT2D eigenvalue weighted by Crippen LogP contribution is 2.24. The van der Waals surface area contributed by atoms with Crippen molar-refractivity contribution >= 4 is 17.8 Å². The Bertz CT molecular complexity index is 384. The second-order valence-electron chi connectivity index (χ2n) is 4.76. The average molecular weight is 254 g/mol. The monoisotopic (exact) mass is 254 g/mol.